The van der Waals surface area contributed by atoms with E-state index in [1.807, 2.05) is 0 Å². The topological polar surface area (TPSA) is 68.3 Å². The van der Waals surface area contributed by atoms with Crippen LogP contribution in [0.15, 0.2) is 12.3 Å². The number of rotatable bonds is 4. The second-order valence-corrected chi connectivity index (χ2v) is 5.59. The summed E-state index contributed by atoms with van der Waals surface area (Å²) >= 11 is 2.98. The van der Waals surface area contributed by atoms with Crippen molar-refractivity contribution in [2.45, 2.75) is 32.9 Å². The lowest BCUT2D eigenvalue weighted by Gasteiger charge is -2.19. The normalized spacial score (nSPS) is 11.1. The fraction of sp³-hybridized carbons (Fsp3) is 0.462. The van der Waals surface area contributed by atoms with Gasteiger partial charge in [0.1, 0.15) is 5.60 Å². The minimum Gasteiger partial charge on any atom is -0.444 e. The maximum Gasteiger partial charge on any atom is 0.407 e. The number of amides is 1. The largest absolute Gasteiger partial charge is 0.444 e. The number of hydrogen-bond acceptors (Lipinski definition) is 4. The number of ketones is 1. The zero-order valence-electron chi connectivity index (χ0n) is 11.5. The zero-order valence-corrected chi connectivity index (χ0v) is 13.1. The fourth-order valence-electron chi connectivity index (χ4n) is 1.37. The number of nitrogens with zero attached hydrogens (tertiary/aromatic N) is 1. The summed E-state index contributed by atoms with van der Waals surface area (Å²) in [5.41, 5.74) is -0.704. The van der Waals surface area contributed by atoms with Crippen LogP contribution in [-0.2, 0) is 11.3 Å². The van der Waals surface area contributed by atoms with Crippen molar-refractivity contribution in [2.24, 2.45) is 0 Å². The Hall–Kier alpha value is -1.50. The fourth-order valence-corrected chi connectivity index (χ4v) is 1.67. The summed E-state index contributed by atoms with van der Waals surface area (Å²) in [6.07, 6.45) is 0.654. The number of pyridine rings is 1. The van der Waals surface area contributed by atoms with E-state index in [2.05, 4.69) is 26.2 Å². The number of aromatic nitrogens is 1. The van der Waals surface area contributed by atoms with Crippen molar-refractivity contribution in [1.82, 2.24) is 10.3 Å². The van der Waals surface area contributed by atoms with E-state index < -0.39 is 17.5 Å². The average molecular weight is 347 g/mol. The van der Waals surface area contributed by atoms with Gasteiger partial charge in [0.25, 0.3) is 0 Å². The van der Waals surface area contributed by atoms with E-state index in [0.717, 1.165) is 0 Å². The first-order valence-electron chi connectivity index (χ1n) is 5.94. The van der Waals surface area contributed by atoms with E-state index in [9.17, 15) is 14.0 Å². The average Bonchev–Trinajstić information content (AvgIpc) is 2.34. The van der Waals surface area contributed by atoms with Crippen molar-refractivity contribution < 1.29 is 18.7 Å². The van der Waals surface area contributed by atoms with E-state index in [-0.39, 0.29) is 28.9 Å². The minimum absolute atomic E-state index is 0.0114. The van der Waals surface area contributed by atoms with Gasteiger partial charge in [0.2, 0.25) is 0 Å². The van der Waals surface area contributed by atoms with Gasteiger partial charge in [-0.25, -0.2) is 9.18 Å². The van der Waals surface area contributed by atoms with Crippen LogP contribution < -0.4 is 5.32 Å². The molecular formula is C13H16BrFN2O3. The molecule has 1 aromatic rings. The van der Waals surface area contributed by atoms with Gasteiger partial charge in [-0.3, -0.25) is 9.78 Å². The molecule has 0 aromatic carbocycles. The van der Waals surface area contributed by atoms with E-state index in [0.29, 0.717) is 0 Å². The van der Waals surface area contributed by atoms with Gasteiger partial charge >= 0.3 is 6.09 Å². The number of carbonyl (C=O) groups excluding carboxylic acids is 2. The Morgan fingerprint density at radius 3 is 2.65 bits per heavy atom. The molecule has 1 heterocycles. The first-order chi connectivity index (χ1) is 9.24. The molecular weight excluding hydrogens is 331 g/mol. The molecule has 0 aliphatic carbocycles. The summed E-state index contributed by atoms with van der Waals surface area (Å²) in [4.78, 5) is 26.8. The predicted octanol–water partition coefficient (Wildman–Crippen LogP) is 2.82. The highest BCUT2D eigenvalue weighted by molar-refractivity contribution is 9.09. The van der Waals surface area contributed by atoms with Crippen LogP contribution in [-0.4, -0.2) is 27.8 Å². The van der Waals surface area contributed by atoms with E-state index in [1.54, 1.807) is 20.8 Å². The van der Waals surface area contributed by atoms with Gasteiger partial charge in [-0.05, 0) is 26.8 Å². The number of hydrogen-bond donors (Lipinski definition) is 1. The molecule has 110 valence electrons. The molecule has 1 amide bonds. The molecule has 0 radical (unpaired) electrons. The van der Waals surface area contributed by atoms with Crippen LogP contribution in [0.5, 0.6) is 0 Å². The Morgan fingerprint density at radius 2 is 2.10 bits per heavy atom. The van der Waals surface area contributed by atoms with Crippen molar-refractivity contribution in [1.29, 1.82) is 0 Å². The molecule has 0 aliphatic rings. The molecule has 1 aromatic heterocycles. The third-order valence-corrected chi connectivity index (χ3v) is 2.69. The lowest BCUT2D eigenvalue weighted by atomic mass is 10.1. The molecule has 20 heavy (non-hydrogen) atoms. The Labute approximate surface area is 125 Å². The Kier molecular flexibility index (Phi) is 5.62. The molecule has 7 heteroatoms. The predicted molar refractivity (Wildman–Crippen MR) is 75.4 cm³/mol. The van der Waals surface area contributed by atoms with E-state index in [4.69, 9.17) is 4.74 Å². The van der Waals surface area contributed by atoms with Gasteiger partial charge in [-0.1, -0.05) is 15.9 Å². The molecule has 0 spiro atoms. The number of halogens is 2. The third kappa shape index (κ3) is 4.88. The first kappa shape index (κ1) is 16.6. The van der Waals surface area contributed by atoms with Gasteiger partial charge in [-0.15, -0.1) is 0 Å². The van der Waals surface area contributed by atoms with E-state index in [1.165, 1.54) is 12.3 Å². The zero-order chi connectivity index (χ0) is 15.3. The molecule has 0 bridgehead atoms. The molecule has 1 N–H and O–H groups in total. The summed E-state index contributed by atoms with van der Waals surface area (Å²) in [6, 6.07) is 1.30. The van der Waals surface area contributed by atoms with Crippen LogP contribution in [0.2, 0.25) is 0 Å². The summed E-state index contributed by atoms with van der Waals surface area (Å²) in [6.45, 7) is 5.02. The molecule has 0 atom stereocenters. The Balaban J connectivity index is 2.74. The first-order valence-corrected chi connectivity index (χ1v) is 7.06. The standard InChI is InChI=1S/C13H16BrFN2O3/c1-13(2,3)20-12(19)17-7-9-11(15)8(4-5-16-9)10(18)6-14/h4-5H,6-7H2,1-3H3,(H,17,19). The maximum atomic E-state index is 14.0. The number of nitrogens with one attached hydrogen (secondary N) is 1. The van der Waals surface area contributed by atoms with Gasteiger partial charge in [0.05, 0.1) is 23.1 Å². The molecule has 0 aliphatic heterocycles. The molecule has 0 saturated heterocycles. The molecule has 5 nitrogen and oxygen atoms in total. The highest BCUT2D eigenvalue weighted by atomic mass is 79.9. The lowest BCUT2D eigenvalue weighted by Crippen LogP contribution is -2.32. The number of Topliss-reactive ketones (excluding diaryl/α,β-unsaturated/α-hetero) is 1. The van der Waals surface area contributed by atoms with Crippen LogP contribution in [0, 0.1) is 5.82 Å². The van der Waals surface area contributed by atoms with Crippen LogP contribution in [0.1, 0.15) is 36.8 Å². The highest BCUT2D eigenvalue weighted by Gasteiger charge is 2.18. The maximum absolute atomic E-state index is 14.0. The Morgan fingerprint density at radius 1 is 1.45 bits per heavy atom. The summed E-state index contributed by atoms with van der Waals surface area (Å²) in [5.74, 6) is -1.11. The molecule has 0 fully saturated rings. The Bertz CT molecular complexity index is 515. The number of carbonyl (C=O) groups is 2. The van der Waals surface area contributed by atoms with Crippen molar-refractivity contribution in [2.75, 3.05) is 5.33 Å². The van der Waals surface area contributed by atoms with E-state index >= 15 is 0 Å². The third-order valence-electron chi connectivity index (χ3n) is 2.18. The van der Waals surface area contributed by atoms with Crippen molar-refractivity contribution in [3.63, 3.8) is 0 Å². The molecule has 1 rings (SSSR count). The molecule has 0 saturated carbocycles. The lowest BCUT2D eigenvalue weighted by molar-refractivity contribution is 0.0522. The highest BCUT2D eigenvalue weighted by Crippen LogP contribution is 2.12. The van der Waals surface area contributed by atoms with Crippen LogP contribution in [0.25, 0.3) is 0 Å². The van der Waals surface area contributed by atoms with Gasteiger partial charge in [0.15, 0.2) is 11.6 Å². The summed E-state index contributed by atoms with van der Waals surface area (Å²) in [5, 5.41) is 2.41. The van der Waals surface area contributed by atoms with Gasteiger partial charge in [-0.2, -0.15) is 0 Å². The number of alkyl carbamates (subject to hydrolysis) is 1. The number of ether oxygens (including phenoxy) is 1. The monoisotopic (exact) mass is 346 g/mol. The summed E-state index contributed by atoms with van der Waals surface area (Å²) in [7, 11) is 0. The van der Waals surface area contributed by atoms with Crippen molar-refractivity contribution in [3.8, 4) is 0 Å². The smallest absolute Gasteiger partial charge is 0.407 e. The quantitative estimate of drug-likeness (QED) is 0.672. The number of alkyl halides is 1. The SMILES string of the molecule is CC(C)(C)OC(=O)NCc1nccc(C(=O)CBr)c1F. The minimum atomic E-state index is -0.729. The van der Waals surface area contributed by atoms with Gasteiger partial charge < -0.3 is 10.1 Å². The van der Waals surface area contributed by atoms with Crippen LogP contribution >= 0.6 is 15.9 Å². The van der Waals surface area contributed by atoms with Crippen molar-refractivity contribution >= 4 is 27.8 Å². The summed E-state index contributed by atoms with van der Waals surface area (Å²) < 4.78 is 19.0. The van der Waals surface area contributed by atoms with Crippen molar-refractivity contribution in [3.05, 3.63) is 29.3 Å². The second kappa shape index (κ2) is 6.78. The van der Waals surface area contributed by atoms with Gasteiger partial charge in [0, 0.05) is 6.20 Å². The van der Waals surface area contributed by atoms with Crippen LogP contribution in [0.4, 0.5) is 9.18 Å². The van der Waals surface area contributed by atoms with Crippen LogP contribution in [0.3, 0.4) is 0 Å². The second-order valence-electron chi connectivity index (χ2n) is 5.03. The molecule has 0 unspecified atom stereocenters.